The Labute approximate surface area is 155 Å². The Balaban J connectivity index is 1.28. The van der Waals surface area contributed by atoms with Crippen LogP contribution in [0, 0.1) is 11.8 Å². The molecular weight excluding hydrogens is 328 g/mol. The number of piperidine rings is 1. The van der Waals surface area contributed by atoms with E-state index in [9.17, 15) is 4.79 Å². The van der Waals surface area contributed by atoms with Gasteiger partial charge in [-0.1, -0.05) is 12.2 Å². The number of carbonyl (C=O) groups is 1. The number of allylic oxidation sites excluding steroid dienone is 2. The van der Waals surface area contributed by atoms with Crippen molar-refractivity contribution in [1.29, 1.82) is 0 Å². The maximum absolute atomic E-state index is 12.6. The van der Waals surface area contributed by atoms with Gasteiger partial charge in [-0.15, -0.1) is 0 Å². The van der Waals surface area contributed by atoms with Crippen LogP contribution in [0.25, 0.3) is 0 Å². The molecule has 0 N–H and O–H groups in total. The van der Waals surface area contributed by atoms with Crippen molar-refractivity contribution in [3.8, 4) is 5.75 Å². The SMILES string of the molecule is O=C(C1CC=CC1)N1CCC2(CC1)OCC[C@H]2CCOc1cccnc1. The second-order valence-corrected chi connectivity index (χ2v) is 7.69. The van der Waals surface area contributed by atoms with Gasteiger partial charge in [0, 0.05) is 31.8 Å². The summed E-state index contributed by atoms with van der Waals surface area (Å²) in [5.41, 5.74) is -0.0526. The minimum absolute atomic E-state index is 0.0526. The lowest BCUT2D eigenvalue weighted by atomic mass is 9.78. The van der Waals surface area contributed by atoms with E-state index in [2.05, 4.69) is 22.0 Å². The number of hydrogen-bond acceptors (Lipinski definition) is 4. The first-order chi connectivity index (χ1) is 12.8. The molecule has 1 spiro atoms. The van der Waals surface area contributed by atoms with Crippen molar-refractivity contribution in [2.24, 2.45) is 11.8 Å². The summed E-state index contributed by atoms with van der Waals surface area (Å²) in [6, 6.07) is 3.83. The van der Waals surface area contributed by atoms with Crippen molar-refractivity contribution in [2.45, 2.75) is 44.1 Å². The summed E-state index contributed by atoms with van der Waals surface area (Å²) in [4.78, 5) is 18.8. The van der Waals surface area contributed by atoms with E-state index in [1.165, 1.54) is 0 Å². The number of carbonyl (C=O) groups excluding carboxylic acids is 1. The number of amides is 1. The molecule has 0 unspecified atom stereocenters. The number of nitrogens with zero attached hydrogens (tertiary/aromatic N) is 2. The lowest BCUT2D eigenvalue weighted by Crippen LogP contribution is -2.50. The largest absolute Gasteiger partial charge is 0.492 e. The maximum Gasteiger partial charge on any atom is 0.226 e. The van der Waals surface area contributed by atoms with Crippen LogP contribution in [0.1, 0.15) is 38.5 Å². The Bertz CT molecular complexity index is 630. The highest BCUT2D eigenvalue weighted by atomic mass is 16.5. The van der Waals surface area contributed by atoms with E-state index in [1.54, 1.807) is 12.4 Å². The molecule has 0 bridgehead atoms. The summed E-state index contributed by atoms with van der Waals surface area (Å²) in [6.07, 6.45) is 13.6. The summed E-state index contributed by atoms with van der Waals surface area (Å²) in [7, 11) is 0. The van der Waals surface area contributed by atoms with Gasteiger partial charge < -0.3 is 14.4 Å². The van der Waals surface area contributed by atoms with Gasteiger partial charge in [0.25, 0.3) is 0 Å². The van der Waals surface area contributed by atoms with Crippen molar-refractivity contribution in [3.63, 3.8) is 0 Å². The van der Waals surface area contributed by atoms with E-state index in [0.29, 0.717) is 18.4 Å². The minimum atomic E-state index is -0.0526. The predicted octanol–water partition coefficient (Wildman–Crippen LogP) is 3.21. The molecule has 1 amide bonds. The van der Waals surface area contributed by atoms with Crippen LogP contribution in [0.5, 0.6) is 5.75 Å². The molecule has 1 aromatic heterocycles. The fourth-order valence-electron chi connectivity index (χ4n) is 4.68. The van der Waals surface area contributed by atoms with Crippen LogP contribution in [-0.4, -0.2) is 47.7 Å². The third-order valence-corrected chi connectivity index (χ3v) is 6.25. The van der Waals surface area contributed by atoms with Gasteiger partial charge in [-0.2, -0.15) is 0 Å². The zero-order valence-corrected chi connectivity index (χ0v) is 15.3. The third kappa shape index (κ3) is 3.63. The van der Waals surface area contributed by atoms with E-state index < -0.39 is 0 Å². The Morgan fingerprint density at radius 3 is 2.85 bits per heavy atom. The van der Waals surface area contributed by atoms with E-state index >= 15 is 0 Å². The Kier molecular flexibility index (Phi) is 5.25. The lowest BCUT2D eigenvalue weighted by molar-refractivity contribution is -0.141. The molecule has 140 valence electrons. The average Bonchev–Trinajstić information content (AvgIpc) is 3.34. The second-order valence-electron chi connectivity index (χ2n) is 7.69. The first kappa shape index (κ1) is 17.5. The van der Waals surface area contributed by atoms with Crippen LogP contribution < -0.4 is 4.74 Å². The van der Waals surface area contributed by atoms with Crippen molar-refractivity contribution >= 4 is 5.91 Å². The minimum Gasteiger partial charge on any atom is -0.492 e. The molecular formula is C21H28N2O3. The number of pyridine rings is 1. The molecule has 3 aliphatic rings. The van der Waals surface area contributed by atoms with E-state index in [0.717, 1.165) is 64.0 Å². The van der Waals surface area contributed by atoms with E-state index in [4.69, 9.17) is 9.47 Å². The van der Waals surface area contributed by atoms with Gasteiger partial charge >= 0.3 is 0 Å². The number of likely N-dealkylation sites (tertiary alicyclic amines) is 1. The first-order valence-electron chi connectivity index (χ1n) is 9.87. The lowest BCUT2D eigenvalue weighted by Gasteiger charge is -2.42. The van der Waals surface area contributed by atoms with Crippen molar-refractivity contribution in [3.05, 3.63) is 36.7 Å². The molecule has 0 saturated carbocycles. The molecule has 2 fully saturated rings. The van der Waals surface area contributed by atoms with E-state index in [1.807, 2.05) is 12.1 Å². The van der Waals surface area contributed by atoms with Crippen LogP contribution in [-0.2, 0) is 9.53 Å². The van der Waals surface area contributed by atoms with Gasteiger partial charge in [0.1, 0.15) is 5.75 Å². The van der Waals surface area contributed by atoms with Crippen LogP contribution >= 0.6 is 0 Å². The van der Waals surface area contributed by atoms with Crippen molar-refractivity contribution in [1.82, 2.24) is 9.88 Å². The normalized spacial score (nSPS) is 25.1. The number of hydrogen-bond donors (Lipinski definition) is 0. The molecule has 2 saturated heterocycles. The van der Waals surface area contributed by atoms with Gasteiger partial charge in [0.15, 0.2) is 0 Å². The quantitative estimate of drug-likeness (QED) is 0.760. The number of rotatable bonds is 5. The zero-order chi connectivity index (χ0) is 17.8. The number of ether oxygens (including phenoxy) is 2. The van der Waals surface area contributed by atoms with Gasteiger partial charge in [-0.05, 0) is 56.6 Å². The smallest absolute Gasteiger partial charge is 0.226 e. The highest BCUT2D eigenvalue weighted by Gasteiger charge is 2.46. The summed E-state index contributed by atoms with van der Waals surface area (Å²) in [6.45, 7) is 3.18. The van der Waals surface area contributed by atoms with Crippen molar-refractivity contribution < 1.29 is 14.3 Å². The Morgan fingerprint density at radius 2 is 2.12 bits per heavy atom. The molecule has 3 heterocycles. The predicted molar refractivity (Wildman–Crippen MR) is 98.8 cm³/mol. The summed E-state index contributed by atoms with van der Waals surface area (Å²) in [5.74, 6) is 1.85. The van der Waals surface area contributed by atoms with Gasteiger partial charge in [0.05, 0.1) is 18.4 Å². The molecule has 4 rings (SSSR count). The zero-order valence-electron chi connectivity index (χ0n) is 15.3. The Hall–Kier alpha value is -1.88. The maximum atomic E-state index is 12.6. The third-order valence-electron chi connectivity index (χ3n) is 6.25. The molecule has 1 atom stereocenters. The topological polar surface area (TPSA) is 51.7 Å². The van der Waals surface area contributed by atoms with Crippen LogP contribution in [0.4, 0.5) is 0 Å². The van der Waals surface area contributed by atoms with E-state index in [-0.39, 0.29) is 11.5 Å². The highest BCUT2D eigenvalue weighted by Crippen LogP contribution is 2.42. The second kappa shape index (κ2) is 7.78. The molecule has 5 heteroatoms. The summed E-state index contributed by atoms with van der Waals surface area (Å²) >= 11 is 0. The van der Waals surface area contributed by atoms with Crippen LogP contribution in [0.3, 0.4) is 0 Å². The summed E-state index contributed by atoms with van der Waals surface area (Å²) in [5, 5.41) is 0. The average molecular weight is 356 g/mol. The highest BCUT2D eigenvalue weighted by molar-refractivity contribution is 5.79. The number of aromatic nitrogens is 1. The molecule has 2 aliphatic heterocycles. The molecule has 0 aromatic carbocycles. The summed E-state index contributed by atoms with van der Waals surface area (Å²) < 4.78 is 12.1. The first-order valence-corrected chi connectivity index (χ1v) is 9.87. The molecule has 26 heavy (non-hydrogen) atoms. The van der Waals surface area contributed by atoms with Gasteiger partial charge in [-0.25, -0.2) is 0 Å². The molecule has 1 aliphatic carbocycles. The molecule has 1 aromatic rings. The van der Waals surface area contributed by atoms with Crippen LogP contribution in [0.2, 0.25) is 0 Å². The van der Waals surface area contributed by atoms with Crippen LogP contribution in [0.15, 0.2) is 36.7 Å². The monoisotopic (exact) mass is 356 g/mol. The molecule has 0 radical (unpaired) electrons. The van der Waals surface area contributed by atoms with Gasteiger partial charge in [0.2, 0.25) is 5.91 Å². The standard InChI is InChI=1S/C21H28N2O3/c24-20(17-4-1-2-5-17)23-12-9-21(10-13-23)18(8-15-26-21)7-14-25-19-6-3-11-22-16-19/h1-3,6,11,16-18H,4-5,7-10,12-15H2/t18-/m1/s1. The van der Waals surface area contributed by atoms with Gasteiger partial charge in [-0.3, -0.25) is 9.78 Å². The fourth-order valence-corrected chi connectivity index (χ4v) is 4.68. The Morgan fingerprint density at radius 1 is 1.31 bits per heavy atom. The molecule has 5 nitrogen and oxygen atoms in total. The van der Waals surface area contributed by atoms with Crippen molar-refractivity contribution in [2.75, 3.05) is 26.3 Å². The fraction of sp³-hybridized carbons (Fsp3) is 0.619.